The zero-order valence-corrected chi connectivity index (χ0v) is 14.9. The number of hydrogen-bond acceptors (Lipinski definition) is 3. The first kappa shape index (κ1) is 19.1. The van der Waals surface area contributed by atoms with Gasteiger partial charge < -0.3 is 14.8 Å². The van der Waals surface area contributed by atoms with E-state index in [4.69, 9.17) is 9.47 Å². The first-order valence-corrected chi connectivity index (χ1v) is 8.16. The molecule has 0 aromatic heterocycles. The van der Waals surface area contributed by atoms with Crippen molar-refractivity contribution in [1.29, 1.82) is 0 Å². The van der Waals surface area contributed by atoms with E-state index in [-0.39, 0.29) is 11.9 Å². The summed E-state index contributed by atoms with van der Waals surface area (Å²) in [5.74, 6) is 1.96. The number of benzene rings is 1. The summed E-state index contributed by atoms with van der Waals surface area (Å²) >= 11 is 0. The molecule has 0 aliphatic carbocycles. The highest BCUT2D eigenvalue weighted by atomic mass is 16.5. The van der Waals surface area contributed by atoms with Crippen molar-refractivity contribution in [1.82, 2.24) is 5.32 Å². The van der Waals surface area contributed by atoms with Crippen LogP contribution in [0.3, 0.4) is 0 Å². The van der Waals surface area contributed by atoms with Gasteiger partial charge in [0.2, 0.25) is 5.91 Å². The van der Waals surface area contributed by atoms with Gasteiger partial charge in [-0.25, -0.2) is 0 Å². The second-order valence-electron chi connectivity index (χ2n) is 6.18. The molecule has 0 fully saturated rings. The van der Waals surface area contributed by atoms with Crippen LogP contribution in [0.2, 0.25) is 0 Å². The summed E-state index contributed by atoms with van der Waals surface area (Å²) in [6.07, 6.45) is 6.67. The molecule has 1 aromatic carbocycles. The average molecular weight is 319 g/mol. The molecule has 0 radical (unpaired) electrons. The van der Waals surface area contributed by atoms with E-state index in [1.54, 1.807) is 26.4 Å². The Balaban J connectivity index is 2.51. The van der Waals surface area contributed by atoms with E-state index in [0.717, 1.165) is 18.4 Å². The van der Waals surface area contributed by atoms with E-state index in [0.29, 0.717) is 17.4 Å². The molecule has 0 spiro atoms. The fourth-order valence-corrected chi connectivity index (χ4v) is 2.32. The lowest BCUT2D eigenvalue weighted by Gasteiger charge is -2.13. The van der Waals surface area contributed by atoms with Crippen molar-refractivity contribution in [3.05, 3.63) is 29.8 Å². The highest BCUT2D eigenvalue weighted by Crippen LogP contribution is 2.27. The molecule has 4 nitrogen and oxygen atoms in total. The molecular weight excluding hydrogens is 290 g/mol. The molecule has 0 heterocycles. The lowest BCUT2D eigenvalue weighted by molar-refractivity contribution is -0.117. The molecule has 0 unspecified atom stereocenters. The van der Waals surface area contributed by atoms with E-state index in [1.807, 2.05) is 25.1 Å². The van der Waals surface area contributed by atoms with Gasteiger partial charge in [-0.3, -0.25) is 4.79 Å². The Morgan fingerprint density at radius 2 is 1.83 bits per heavy atom. The van der Waals surface area contributed by atoms with Crippen LogP contribution in [-0.2, 0) is 4.79 Å². The van der Waals surface area contributed by atoms with Gasteiger partial charge in [0.15, 0.2) is 11.5 Å². The predicted octanol–water partition coefficient (Wildman–Crippen LogP) is 4.05. The van der Waals surface area contributed by atoms with Crippen LogP contribution in [0, 0.1) is 5.92 Å². The molecule has 1 amide bonds. The minimum Gasteiger partial charge on any atom is -0.493 e. The topological polar surface area (TPSA) is 47.6 Å². The number of nitrogens with one attached hydrogen (secondary N) is 1. The molecule has 0 bridgehead atoms. The van der Waals surface area contributed by atoms with E-state index in [9.17, 15) is 4.79 Å². The van der Waals surface area contributed by atoms with Gasteiger partial charge in [0.1, 0.15) is 0 Å². The smallest absolute Gasteiger partial charge is 0.244 e. The Morgan fingerprint density at radius 1 is 1.13 bits per heavy atom. The van der Waals surface area contributed by atoms with Crippen LogP contribution in [0.25, 0.3) is 6.08 Å². The van der Waals surface area contributed by atoms with Crippen molar-refractivity contribution in [2.45, 2.75) is 46.1 Å². The Kier molecular flexibility index (Phi) is 8.23. The Hall–Kier alpha value is -1.97. The molecule has 1 aromatic rings. The van der Waals surface area contributed by atoms with Crippen LogP contribution in [0.4, 0.5) is 0 Å². The zero-order valence-electron chi connectivity index (χ0n) is 14.9. The molecule has 1 rings (SSSR count). The average Bonchev–Trinajstić information content (AvgIpc) is 2.52. The number of hydrogen-bond donors (Lipinski definition) is 1. The van der Waals surface area contributed by atoms with Gasteiger partial charge in [-0.15, -0.1) is 0 Å². The summed E-state index contributed by atoms with van der Waals surface area (Å²) in [5, 5.41) is 2.99. The number of ether oxygens (including phenoxy) is 2. The number of carbonyl (C=O) groups is 1. The van der Waals surface area contributed by atoms with Crippen molar-refractivity contribution < 1.29 is 14.3 Å². The van der Waals surface area contributed by atoms with Crippen LogP contribution in [-0.4, -0.2) is 26.2 Å². The van der Waals surface area contributed by atoms with Crippen molar-refractivity contribution in [2.75, 3.05) is 14.2 Å². The van der Waals surface area contributed by atoms with Crippen LogP contribution in [0.15, 0.2) is 24.3 Å². The van der Waals surface area contributed by atoms with Gasteiger partial charge in [-0.2, -0.15) is 0 Å². The van der Waals surface area contributed by atoms with E-state index in [2.05, 4.69) is 19.2 Å². The van der Waals surface area contributed by atoms with Gasteiger partial charge in [0.05, 0.1) is 14.2 Å². The lowest BCUT2D eigenvalue weighted by Crippen LogP contribution is -2.31. The first-order valence-electron chi connectivity index (χ1n) is 8.16. The number of carbonyl (C=O) groups excluding carboxylic acids is 1. The summed E-state index contributed by atoms with van der Waals surface area (Å²) in [4.78, 5) is 11.9. The standard InChI is InChI=1S/C19H29NO3/c1-14(2)7-6-8-15(3)20-19(21)12-10-16-9-11-17(22-4)18(13-16)23-5/h9-15H,6-8H2,1-5H3,(H,20,21)/b12-10+/t15-/m0/s1. The summed E-state index contributed by atoms with van der Waals surface area (Å²) in [6, 6.07) is 5.74. The Bertz CT molecular complexity index is 523. The van der Waals surface area contributed by atoms with Crippen LogP contribution >= 0.6 is 0 Å². The first-order chi connectivity index (χ1) is 11.0. The van der Waals surface area contributed by atoms with Crippen molar-refractivity contribution >= 4 is 12.0 Å². The summed E-state index contributed by atoms with van der Waals surface area (Å²) < 4.78 is 10.4. The second kappa shape index (κ2) is 9.93. The van der Waals surface area contributed by atoms with E-state index < -0.39 is 0 Å². The third-order valence-corrected chi connectivity index (χ3v) is 3.64. The number of rotatable bonds is 9. The van der Waals surface area contributed by atoms with Crippen molar-refractivity contribution in [3.63, 3.8) is 0 Å². The molecule has 0 saturated carbocycles. The number of methoxy groups -OCH3 is 2. The van der Waals surface area contributed by atoms with Gasteiger partial charge in [0.25, 0.3) is 0 Å². The molecule has 1 N–H and O–H groups in total. The minimum atomic E-state index is -0.0724. The van der Waals surface area contributed by atoms with Crippen LogP contribution in [0.1, 0.15) is 45.6 Å². The largest absolute Gasteiger partial charge is 0.493 e. The molecule has 1 atom stereocenters. The van der Waals surface area contributed by atoms with Crippen LogP contribution < -0.4 is 14.8 Å². The molecular formula is C19H29NO3. The lowest BCUT2D eigenvalue weighted by atomic mass is 10.0. The predicted molar refractivity (Wildman–Crippen MR) is 94.9 cm³/mol. The van der Waals surface area contributed by atoms with Gasteiger partial charge in [-0.05, 0) is 43.0 Å². The number of amides is 1. The molecule has 0 saturated heterocycles. The normalized spacial score (nSPS) is 12.4. The summed E-state index contributed by atoms with van der Waals surface area (Å²) in [5.41, 5.74) is 0.894. The maximum absolute atomic E-state index is 11.9. The third kappa shape index (κ3) is 7.22. The summed E-state index contributed by atoms with van der Waals surface area (Å²) in [6.45, 7) is 6.48. The highest BCUT2D eigenvalue weighted by Gasteiger charge is 2.06. The fraction of sp³-hybridized carbons (Fsp3) is 0.526. The molecule has 4 heteroatoms. The highest BCUT2D eigenvalue weighted by molar-refractivity contribution is 5.91. The maximum atomic E-state index is 11.9. The zero-order chi connectivity index (χ0) is 17.2. The third-order valence-electron chi connectivity index (χ3n) is 3.64. The van der Waals surface area contributed by atoms with Gasteiger partial charge in [-0.1, -0.05) is 32.8 Å². The minimum absolute atomic E-state index is 0.0724. The van der Waals surface area contributed by atoms with Crippen LogP contribution in [0.5, 0.6) is 11.5 Å². The van der Waals surface area contributed by atoms with Crippen molar-refractivity contribution in [3.8, 4) is 11.5 Å². The van der Waals surface area contributed by atoms with Gasteiger partial charge >= 0.3 is 0 Å². The molecule has 0 aliphatic heterocycles. The summed E-state index contributed by atoms with van der Waals surface area (Å²) in [7, 11) is 3.19. The second-order valence-corrected chi connectivity index (χ2v) is 6.18. The monoisotopic (exact) mass is 319 g/mol. The van der Waals surface area contributed by atoms with E-state index in [1.165, 1.54) is 6.42 Å². The Labute approximate surface area is 139 Å². The Morgan fingerprint density at radius 3 is 2.43 bits per heavy atom. The van der Waals surface area contributed by atoms with Gasteiger partial charge in [0, 0.05) is 12.1 Å². The quantitative estimate of drug-likeness (QED) is 0.699. The maximum Gasteiger partial charge on any atom is 0.244 e. The molecule has 23 heavy (non-hydrogen) atoms. The molecule has 128 valence electrons. The molecule has 0 aliphatic rings. The van der Waals surface area contributed by atoms with Crippen molar-refractivity contribution in [2.24, 2.45) is 5.92 Å². The fourth-order valence-electron chi connectivity index (χ4n) is 2.32. The SMILES string of the molecule is COc1ccc(/C=C/C(=O)N[C@@H](C)CCCC(C)C)cc1OC. The van der Waals surface area contributed by atoms with E-state index >= 15 is 0 Å².